The normalized spacial score (nSPS) is 14.9. The molecule has 0 radical (unpaired) electrons. The third-order valence-electron chi connectivity index (χ3n) is 2.54. The molecule has 0 saturated heterocycles. The Kier molecular flexibility index (Phi) is 4.05. The highest BCUT2D eigenvalue weighted by Crippen LogP contribution is 2.20. The molecular weight excluding hydrogens is 190 g/mol. The van der Waals surface area contributed by atoms with Gasteiger partial charge in [-0.1, -0.05) is 19.4 Å². The van der Waals surface area contributed by atoms with Gasteiger partial charge >= 0.3 is 0 Å². The molecule has 0 amide bonds. The number of nitrogens with zero attached hydrogens (tertiary/aromatic N) is 1. The molecule has 1 unspecified atom stereocenters. The van der Waals surface area contributed by atoms with Crippen LogP contribution < -0.4 is 11.5 Å². The van der Waals surface area contributed by atoms with Gasteiger partial charge in [0.2, 0.25) is 0 Å². The van der Waals surface area contributed by atoms with Gasteiger partial charge in [0.15, 0.2) is 0 Å². The number of rotatable bonds is 5. The van der Waals surface area contributed by atoms with Crippen molar-refractivity contribution in [2.75, 3.05) is 12.3 Å². The predicted octanol–water partition coefficient (Wildman–Crippen LogP) is 0.696. The molecule has 0 saturated carbocycles. The third kappa shape index (κ3) is 3.18. The summed E-state index contributed by atoms with van der Waals surface area (Å²) in [6.07, 6.45) is 3.68. The summed E-state index contributed by atoms with van der Waals surface area (Å²) in [5, 5.41) is 10.2. The van der Waals surface area contributed by atoms with Gasteiger partial charge in [-0.05, 0) is 18.1 Å². The lowest BCUT2D eigenvalue weighted by Crippen LogP contribution is -2.40. The second-order valence-corrected chi connectivity index (χ2v) is 3.90. The summed E-state index contributed by atoms with van der Waals surface area (Å²) >= 11 is 0. The Hall–Kier alpha value is -1.13. The second-order valence-electron chi connectivity index (χ2n) is 3.90. The molecule has 1 aromatic heterocycles. The highest BCUT2D eigenvalue weighted by atomic mass is 16.3. The van der Waals surface area contributed by atoms with Crippen LogP contribution in [0.25, 0.3) is 0 Å². The first-order valence-corrected chi connectivity index (χ1v) is 5.23. The Bertz CT molecular complexity index is 316. The first-order chi connectivity index (χ1) is 7.11. The van der Waals surface area contributed by atoms with Crippen molar-refractivity contribution in [1.82, 2.24) is 4.98 Å². The number of anilines is 1. The summed E-state index contributed by atoms with van der Waals surface area (Å²) in [7, 11) is 0. The lowest BCUT2D eigenvalue weighted by Gasteiger charge is -2.26. The summed E-state index contributed by atoms with van der Waals surface area (Å²) in [6.45, 7) is 2.27. The van der Waals surface area contributed by atoms with Crippen molar-refractivity contribution in [2.45, 2.75) is 31.8 Å². The monoisotopic (exact) mass is 209 g/mol. The molecule has 1 aromatic rings. The maximum absolute atomic E-state index is 10.2. The van der Waals surface area contributed by atoms with Crippen molar-refractivity contribution in [3.8, 4) is 0 Å². The maximum Gasteiger partial charge on any atom is 0.126 e. The lowest BCUT2D eigenvalue weighted by molar-refractivity contribution is 0.0400. The summed E-state index contributed by atoms with van der Waals surface area (Å²) < 4.78 is 0. The average Bonchev–Trinajstić information content (AvgIpc) is 2.22. The summed E-state index contributed by atoms with van der Waals surface area (Å²) in [4.78, 5) is 3.98. The largest absolute Gasteiger partial charge is 0.388 e. The van der Waals surface area contributed by atoms with Gasteiger partial charge in [-0.25, -0.2) is 4.98 Å². The van der Waals surface area contributed by atoms with E-state index in [0.29, 0.717) is 18.7 Å². The molecule has 0 bridgehead atoms. The van der Waals surface area contributed by atoms with E-state index in [0.717, 1.165) is 12.0 Å². The Labute approximate surface area is 90.3 Å². The van der Waals surface area contributed by atoms with E-state index in [2.05, 4.69) is 4.98 Å². The molecule has 0 aliphatic carbocycles. The Morgan fingerprint density at radius 2 is 2.27 bits per heavy atom. The maximum atomic E-state index is 10.2. The highest BCUT2D eigenvalue weighted by molar-refractivity contribution is 5.39. The third-order valence-corrected chi connectivity index (χ3v) is 2.54. The fraction of sp³-hybridized carbons (Fsp3) is 0.545. The van der Waals surface area contributed by atoms with E-state index in [1.165, 1.54) is 0 Å². The van der Waals surface area contributed by atoms with Crippen LogP contribution in [0.15, 0.2) is 18.3 Å². The molecule has 15 heavy (non-hydrogen) atoms. The van der Waals surface area contributed by atoms with E-state index < -0.39 is 5.60 Å². The van der Waals surface area contributed by atoms with Gasteiger partial charge in [0.25, 0.3) is 0 Å². The van der Waals surface area contributed by atoms with Gasteiger partial charge in [-0.15, -0.1) is 0 Å². The quantitative estimate of drug-likeness (QED) is 0.666. The fourth-order valence-corrected chi connectivity index (χ4v) is 1.68. The van der Waals surface area contributed by atoms with E-state index in [1.54, 1.807) is 6.20 Å². The van der Waals surface area contributed by atoms with Crippen molar-refractivity contribution in [3.05, 3.63) is 23.9 Å². The fourth-order valence-electron chi connectivity index (χ4n) is 1.68. The SMILES string of the molecule is CCCC(O)(CN)Cc1cccnc1N. The summed E-state index contributed by atoms with van der Waals surface area (Å²) in [5.74, 6) is 0.473. The van der Waals surface area contributed by atoms with Crippen LogP contribution in [0, 0.1) is 0 Å². The van der Waals surface area contributed by atoms with E-state index in [4.69, 9.17) is 11.5 Å². The van der Waals surface area contributed by atoms with Crippen LogP contribution in [0.4, 0.5) is 5.82 Å². The number of aromatic nitrogens is 1. The Balaban J connectivity index is 2.79. The van der Waals surface area contributed by atoms with Gasteiger partial charge in [0, 0.05) is 19.2 Å². The minimum absolute atomic E-state index is 0.245. The molecule has 1 heterocycles. The Morgan fingerprint density at radius 1 is 1.53 bits per heavy atom. The van der Waals surface area contributed by atoms with Crippen molar-refractivity contribution >= 4 is 5.82 Å². The lowest BCUT2D eigenvalue weighted by atomic mass is 9.90. The number of hydrogen-bond donors (Lipinski definition) is 3. The van der Waals surface area contributed by atoms with Crippen molar-refractivity contribution in [3.63, 3.8) is 0 Å². The summed E-state index contributed by atoms with van der Waals surface area (Å²) in [5.41, 5.74) is 11.3. The zero-order chi connectivity index (χ0) is 11.3. The second kappa shape index (κ2) is 5.09. The van der Waals surface area contributed by atoms with Crippen molar-refractivity contribution in [1.29, 1.82) is 0 Å². The van der Waals surface area contributed by atoms with Gasteiger partial charge in [-0.3, -0.25) is 0 Å². The van der Waals surface area contributed by atoms with Crippen molar-refractivity contribution in [2.24, 2.45) is 5.73 Å². The summed E-state index contributed by atoms with van der Waals surface area (Å²) in [6, 6.07) is 3.69. The van der Waals surface area contributed by atoms with Crippen LogP contribution in [0.5, 0.6) is 0 Å². The minimum atomic E-state index is -0.855. The molecule has 0 spiro atoms. The van der Waals surface area contributed by atoms with E-state index in [-0.39, 0.29) is 6.54 Å². The minimum Gasteiger partial charge on any atom is -0.388 e. The molecule has 4 heteroatoms. The molecule has 0 fully saturated rings. The molecule has 5 N–H and O–H groups in total. The van der Waals surface area contributed by atoms with E-state index in [9.17, 15) is 5.11 Å². The van der Waals surface area contributed by atoms with Crippen LogP contribution in [0.1, 0.15) is 25.3 Å². The van der Waals surface area contributed by atoms with Gasteiger partial charge in [0.05, 0.1) is 5.60 Å². The number of nitrogens with two attached hydrogens (primary N) is 2. The van der Waals surface area contributed by atoms with Crippen LogP contribution in [-0.4, -0.2) is 22.2 Å². The molecule has 1 rings (SSSR count). The molecular formula is C11H19N3O. The van der Waals surface area contributed by atoms with Gasteiger partial charge < -0.3 is 16.6 Å². The molecule has 84 valence electrons. The molecule has 0 aliphatic rings. The van der Waals surface area contributed by atoms with Crippen LogP contribution >= 0.6 is 0 Å². The average molecular weight is 209 g/mol. The first-order valence-electron chi connectivity index (χ1n) is 5.23. The molecule has 1 atom stereocenters. The predicted molar refractivity (Wildman–Crippen MR) is 61.3 cm³/mol. The number of hydrogen-bond acceptors (Lipinski definition) is 4. The first kappa shape index (κ1) is 11.9. The van der Waals surface area contributed by atoms with Crippen LogP contribution in [0.2, 0.25) is 0 Å². The highest BCUT2D eigenvalue weighted by Gasteiger charge is 2.25. The number of nitrogen functional groups attached to an aromatic ring is 1. The van der Waals surface area contributed by atoms with Crippen molar-refractivity contribution < 1.29 is 5.11 Å². The van der Waals surface area contributed by atoms with E-state index >= 15 is 0 Å². The van der Waals surface area contributed by atoms with Gasteiger partial charge in [0.1, 0.15) is 5.82 Å². The van der Waals surface area contributed by atoms with E-state index in [1.807, 2.05) is 19.1 Å². The Morgan fingerprint density at radius 3 is 2.80 bits per heavy atom. The van der Waals surface area contributed by atoms with Crippen LogP contribution in [-0.2, 0) is 6.42 Å². The molecule has 0 aromatic carbocycles. The molecule has 4 nitrogen and oxygen atoms in total. The number of pyridine rings is 1. The zero-order valence-electron chi connectivity index (χ0n) is 9.11. The smallest absolute Gasteiger partial charge is 0.126 e. The topological polar surface area (TPSA) is 85.2 Å². The van der Waals surface area contributed by atoms with Crippen LogP contribution in [0.3, 0.4) is 0 Å². The molecule has 0 aliphatic heterocycles. The van der Waals surface area contributed by atoms with Gasteiger partial charge in [-0.2, -0.15) is 0 Å². The standard InChI is InChI=1S/C11H19N3O/c1-2-5-11(15,8-12)7-9-4-3-6-14-10(9)13/h3-4,6,15H,2,5,7-8,12H2,1H3,(H2,13,14). The number of aliphatic hydroxyl groups is 1. The zero-order valence-corrected chi connectivity index (χ0v) is 9.11.